The van der Waals surface area contributed by atoms with E-state index in [4.69, 9.17) is 15.6 Å². The number of fused-ring (bicyclic) bond motifs is 2. The highest BCUT2D eigenvalue weighted by molar-refractivity contribution is 7.90. The fraction of sp³-hybridized carbons (Fsp3) is 0.276. The first-order chi connectivity index (χ1) is 20.3. The molecule has 0 saturated heterocycles. The normalized spacial score (nSPS) is 14.8. The van der Waals surface area contributed by atoms with E-state index in [0.717, 1.165) is 55.3 Å². The molecule has 6 N–H and O–H groups in total. The molecule has 0 bridgehead atoms. The van der Waals surface area contributed by atoms with Gasteiger partial charge >= 0.3 is 6.03 Å². The van der Waals surface area contributed by atoms with Crippen molar-refractivity contribution in [1.29, 1.82) is 0 Å². The average molecular weight is 628 g/mol. The maximum Gasteiger partial charge on any atom is 0.333 e. The SMILES string of the molecule is CC(=NO)c1cccc(S(=O)(=O)NC(=O)Nc2c3c(cc4c2CCC4)CCC3)c1.CC(=NO)c1cccc(S(N)(=O)=O)c1. The van der Waals surface area contributed by atoms with Gasteiger partial charge in [0.1, 0.15) is 0 Å². The number of primary sulfonamides is 1. The highest BCUT2D eigenvalue weighted by Crippen LogP contribution is 2.38. The number of anilines is 1. The summed E-state index contributed by atoms with van der Waals surface area (Å²) in [5, 5.41) is 31.2. The highest BCUT2D eigenvalue weighted by atomic mass is 32.2. The van der Waals surface area contributed by atoms with Crippen LogP contribution >= 0.6 is 0 Å². The van der Waals surface area contributed by atoms with Gasteiger partial charge in [0.15, 0.2) is 0 Å². The summed E-state index contributed by atoms with van der Waals surface area (Å²) in [5.74, 6) is 0. The lowest BCUT2D eigenvalue weighted by Crippen LogP contribution is -2.35. The van der Waals surface area contributed by atoms with Crippen molar-refractivity contribution in [2.75, 3.05) is 5.32 Å². The van der Waals surface area contributed by atoms with Gasteiger partial charge in [0, 0.05) is 16.8 Å². The molecule has 228 valence electrons. The molecule has 0 saturated carbocycles. The predicted molar refractivity (Wildman–Crippen MR) is 162 cm³/mol. The minimum Gasteiger partial charge on any atom is -0.411 e. The topological polar surface area (TPSA) is 201 Å². The largest absolute Gasteiger partial charge is 0.411 e. The van der Waals surface area contributed by atoms with Gasteiger partial charge in [-0.1, -0.05) is 40.6 Å². The molecular formula is C29H33N5O7S2. The second kappa shape index (κ2) is 12.9. The monoisotopic (exact) mass is 627 g/mol. The van der Waals surface area contributed by atoms with Gasteiger partial charge in [-0.05, 0) is 98.9 Å². The summed E-state index contributed by atoms with van der Waals surface area (Å²) < 4.78 is 49.4. The summed E-state index contributed by atoms with van der Waals surface area (Å²) in [4.78, 5) is 12.5. The van der Waals surface area contributed by atoms with Crippen LogP contribution in [-0.2, 0) is 45.7 Å². The summed E-state index contributed by atoms with van der Waals surface area (Å²) >= 11 is 0. The number of nitrogens with one attached hydrogen (secondary N) is 2. The van der Waals surface area contributed by atoms with Crippen LogP contribution in [0.5, 0.6) is 0 Å². The molecular weight excluding hydrogens is 594 g/mol. The number of oxime groups is 2. The van der Waals surface area contributed by atoms with E-state index in [-0.39, 0.29) is 15.5 Å². The maximum atomic E-state index is 12.7. The van der Waals surface area contributed by atoms with Crippen molar-refractivity contribution < 1.29 is 32.0 Å². The molecule has 0 unspecified atom stereocenters. The molecule has 0 spiro atoms. The first kappa shape index (κ1) is 31.7. The van der Waals surface area contributed by atoms with Crippen molar-refractivity contribution in [3.63, 3.8) is 0 Å². The molecule has 43 heavy (non-hydrogen) atoms. The number of nitrogens with zero attached hydrogens (tertiary/aromatic N) is 2. The van der Waals surface area contributed by atoms with Gasteiger partial charge in [0.05, 0.1) is 21.2 Å². The van der Waals surface area contributed by atoms with Crippen LogP contribution in [0.1, 0.15) is 60.1 Å². The lowest BCUT2D eigenvalue weighted by atomic mass is 9.99. The molecule has 5 rings (SSSR count). The van der Waals surface area contributed by atoms with Gasteiger partial charge in [0.2, 0.25) is 10.0 Å². The zero-order valence-electron chi connectivity index (χ0n) is 23.7. The molecule has 12 nitrogen and oxygen atoms in total. The molecule has 14 heteroatoms. The van der Waals surface area contributed by atoms with Crippen LogP contribution in [0.25, 0.3) is 0 Å². The molecule has 0 aliphatic heterocycles. The Hall–Kier alpha value is -4.27. The Kier molecular flexibility index (Phi) is 9.52. The zero-order chi connectivity index (χ0) is 31.4. The molecule has 0 atom stereocenters. The third-order valence-corrected chi connectivity index (χ3v) is 9.62. The summed E-state index contributed by atoms with van der Waals surface area (Å²) in [6, 6.07) is 13.3. The highest BCUT2D eigenvalue weighted by Gasteiger charge is 2.26. The standard InChI is InChI=1S/C21H23N3O4S.C8H10N2O3S/c1-13(23-26)14-5-2-8-17(12-14)29(27,28)24-21(25)22-20-18-9-3-6-15(18)11-16-7-4-10-19(16)20;1-6(10-11)7-3-2-4-8(5-7)14(9,12)13/h2,5,8,11-12,26H,3-4,6-7,9-10H2,1H3,(H2,22,24,25);2-5,11H,1H3,(H2,9,12,13). The number of nitrogens with two attached hydrogens (primary N) is 1. The Morgan fingerprint density at radius 2 is 1.26 bits per heavy atom. The summed E-state index contributed by atoms with van der Waals surface area (Å²) in [6.07, 6.45) is 5.88. The van der Waals surface area contributed by atoms with Crippen LogP contribution in [0.3, 0.4) is 0 Å². The maximum absolute atomic E-state index is 12.7. The number of amides is 2. The Bertz CT molecular complexity index is 1800. The molecule has 2 aliphatic rings. The van der Waals surface area contributed by atoms with E-state index >= 15 is 0 Å². The molecule has 0 radical (unpaired) electrons. The second-order valence-electron chi connectivity index (χ2n) is 10.3. The van der Waals surface area contributed by atoms with Crippen LogP contribution in [0.2, 0.25) is 0 Å². The van der Waals surface area contributed by atoms with Crippen LogP contribution in [0.15, 0.2) is 74.7 Å². The number of urea groups is 1. The molecule has 0 aromatic heterocycles. The van der Waals surface area contributed by atoms with Crippen molar-refractivity contribution in [3.05, 3.63) is 88.0 Å². The second-order valence-corrected chi connectivity index (χ2v) is 13.5. The molecule has 0 heterocycles. The van der Waals surface area contributed by atoms with E-state index in [1.165, 1.54) is 47.5 Å². The number of hydrogen-bond donors (Lipinski definition) is 5. The quantitative estimate of drug-likeness (QED) is 0.155. The van der Waals surface area contributed by atoms with E-state index in [0.29, 0.717) is 16.8 Å². The van der Waals surface area contributed by atoms with Crippen molar-refractivity contribution in [2.45, 2.75) is 62.2 Å². The minimum atomic E-state index is -4.07. The van der Waals surface area contributed by atoms with Crippen molar-refractivity contribution in [2.24, 2.45) is 15.5 Å². The Labute approximate surface area is 250 Å². The molecule has 3 aromatic carbocycles. The van der Waals surface area contributed by atoms with Gasteiger partial charge in [-0.3, -0.25) is 0 Å². The lowest BCUT2D eigenvalue weighted by molar-refractivity contribution is 0.256. The number of rotatable bonds is 6. The Morgan fingerprint density at radius 3 is 1.74 bits per heavy atom. The summed E-state index contributed by atoms with van der Waals surface area (Å²) in [5.41, 5.74) is 7.15. The predicted octanol–water partition coefficient (Wildman–Crippen LogP) is 3.90. The van der Waals surface area contributed by atoms with E-state index in [1.807, 2.05) is 0 Å². The van der Waals surface area contributed by atoms with Crippen LogP contribution < -0.4 is 15.2 Å². The third-order valence-electron chi connectivity index (χ3n) is 7.38. The molecule has 3 aromatic rings. The van der Waals surface area contributed by atoms with Gasteiger partial charge in [-0.2, -0.15) is 0 Å². The van der Waals surface area contributed by atoms with Crippen molar-refractivity contribution >= 4 is 43.2 Å². The molecule has 2 amide bonds. The van der Waals surface area contributed by atoms with Gasteiger partial charge < -0.3 is 15.7 Å². The van der Waals surface area contributed by atoms with Crippen molar-refractivity contribution in [1.82, 2.24) is 4.72 Å². The van der Waals surface area contributed by atoms with E-state index < -0.39 is 26.1 Å². The fourth-order valence-corrected chi connectivity index (χ4v) is 6.70. The fourth-order valence-electron chi connectivity index (χ4n) is 5.19. The summed E-state index contributed by atoms with van der Waals surface area (Å²) in [7, 11) is -7.77. The molecule has 0 fully saturated rings. The van der Waals surface area contributed by atoms with Crippen LogP contribution in [0.4, 0.5) is 10.5 Å². The van der Waals surface area contributed by atoms with E-state index in [1.54, 1.807) is 26.0 Å². The third kappa shape index (κ3) is 7.39. The minimum absolute atomic E-state index is 0.00185. The van der Waals surface area contributed by atoms with Crippen LogP contribution in [-0.4, -0.2) is 44.7 Å². The Morgan fingerprint density at radius 1 is 0.767 bits per heavy atom. The van der Waals surface area contributed by atoms with Crippen LogP contribution in [0, 0.1) is 0 Å². The number of sulfonamides is 2. The average Bonchev–Trinajstić information content (AvgIpc) is 3.66. The first-order valence-corrected chi connectivity index (χ1v) is 16.5. The van der Waals surface area contributed by atoms with Gasteiger partial charge in [0.25, 0.3) is 10.0 Å². The number of carbonyl (C=O) groups is 1. The molecule has 2 aliphatic carbocycles. The number of hydrogen-bond acceptors (Lipinski definition) is 9. The van der Waals surface area contributed by atoms with E-state index in [9.17, 15) is 21.6 Å². The smallest absolute Gasteiger partial charge is 0.333 e. The number of benzene rings is 3. The number of aryl methyl sites for hydroxylation is 2. The van der Waals surface area contributed by atoms with E-state index in [2.05, 4.69) is 26.4 Å². The zero-order valence-corrected chi connectivity index (χ0v) is 25.3. The summed E-state index contributed by atoms with van der Waals surface area (Å²) in [6.45, 7) is 3.12. The van der Waals surface area contributed by atoms with Gasteiger partial charge in [-0.15, -0.1) is 0 Å². The lowest BCUT2D eigenvalue weighted by Gasteiger charge is -2.16. The number of carbonyl (C=O) groups excluding carboxylic acids is 1. The first-order valence-electron chi connectivity index (χ1n) is 13.5. The Balaban J connectivity index is 0.000000255. The van der Waals surface area contributed by atoms with Gasteiger partial charge in [-0.25, -0.2) is 31.5 Å². The van der Waals surface area contributed by atoms with Crippen molar-refractivity contribution in [3.8, 4) is 0 Å².